The van der Waals surface area contributed by atoms with E-state index in [2.05, 4.69) is 34.5 Å². The Morgan fingerprint density at radius 3 is 2.33 bits per heavy atom. The highest BCUT2D eigenvalue weighted by molar-refractivity contribution is 5.95. The second-order valence-corrected chi connectivity index (χ2v) is 7.54. The third-order valence-corrected chi connectivity index (χ3v) is 5.43. The van der Waals surface area contributed by atoms with Gasteiger partial charge in [0.2, 0.25) is 0 Å². The molecule has 1 saturated heterocycles. The molecule has 0 radical (unpaired) electrons. The normalized spacial score (nSPS) is 14.9. The fourth-order valence-corrected chi connectivity index (χ4v) is 3.66. The van der Waals surface area contributed by atoms with Crippen molar-refractivity contribution in [1.82, 2.24) is 14.8 Å². The van der Waals surface area contributed by atoms with Gasteiger partial charge >= 0.3 is 0 Å². The first kappa shape index (κ1) is 19.4. The quantitative estimate of drug-likeness (QED) is 0.884. The second-order valence-electron chi connectivity index (χ2n) is 7.54. The number of carbonyl (C=O) groups excluding carboxylic acids is 1. The van der Waals surface area contributed by atoms with E-state index in [1.165, 1.54) is 42.5 Å². The first-order valence-corrected chi connectivity index (χ1v) is 9.71. The van der Waals surface area contributed by atoms with Gasteiger partial charge in [-0.2, -0.15) is 0 Å². The van der Waals surface area contributed by atoms with E-state index in [0.717, 1.165) is 17.8 Å². The second kappa shape index (κ2) is 8.53. The van der Waals surface area contributed by atoms with Crippen LogP contribution in [0.3, 0.4) is 0 Å². The van der Waals surface area contributed by atoms with Gasteiger partial charge in [-0.15, -0.1) is 0 Å². The number of hydrogen-bond donors (Lipinski definition) is 1. The van der Waals surface area contributed by atoms with Gasteiger partial charge in [-0.05, 0) is 62.5 Å². The molecule has 1 fully saturated rings. The first-order chi connectivity index (χ1) is 13.0. The molecule has 27 heavy (non-hydrogen) atoms. The number of aryl methyl sites for hydroxylation is 2. The number of piperidine rings is 1. The summed E-state index contributed by atoms with van der Waals surface area (Å²) in [4.78, 5) is 27.4. The van der Waals surface area contributed by atoms with Crippen molar-refractivity contribution >= 4 is 5.91 Å². The molecule has 1 N–H and O–H groups in total. The minimum atomic E-state index is -0.314. The van der Waals surface area contributed by atoms with Crippen LogP contribution in [0, 0.1) is 13.8 Å². The molecule has 0 aliphatic carbocycles. The molecule has 0 atom stereocenters. The van der Waals surface area contributed by atoms with Crippen LogP contribution in [0.2, 0.25) is 0 Å². The van der Waals surface area contributed by atoms with Gasteiger partial charge in [-0.1, -0.05) is 30.7 Å². The zero-order valence-corrected chi connectivity index (χ0v) is 16.5. The van der Waals surface area contributed by atoms with Gasteiger partial charge in [0.05, 0.1) is 0 Å². The van der Waals surface area contributed by atoms with Crippen LogP contribution < -0.4 is 10.9 Å². The zero-order chi connectivity index (χ0) is 19.4. The average Bonchev–Trinajstić information content (AvgIpc) is 2.66. The van der Waals surface area contributed by atoms with Crippen LogP contribution in [0.15, 0.2) is 35.1 Å². The summed E-state index contributed by atoms with van der Waals surface area (Å²) in [5.74, 6) is -0.314. The van der Waals surface area contributed by atoms with E-state index in [1.54, 1.807) is 14.0 Å². The zero-order valence-electron chi connectivity index (χ0n) is 16.5. The molecular formula is C22H29N3O2. The lowest BCUT2D eigenvalue weighted by Crippen LogP contribution is -2.33. The van der Waals surface area contributed by atoms with Crippen LogP contribution in [0.25, 0.3) is 0 Å². The lowest BCUT2D eigenvalue weighted by Gasteiger charge is -2.26. The summed E-state index contributed by atoms with van der Waals surface area (Å²) < 4.78 is 1.51. The maximum atomic E-state index is 12.5. The summed E-state index contributed by atoms with van der Waals surface area (Å²) in [6, 6.07) is 10.2. The lowest BCUT2D eigenvalue weighted by atomic mass is 10.1. The van der Waals surface area contributed by atoms with Gasteiger partial charge in [0.15, 0.2) is 0 Å². The Morgan fingerprint density at radius 1 is 1.04 bits per heavy atom. The Hall–Kier alpha value is -2.40. The van der Waals surface area contributed by atoms with E-state index in [9.17, 15) is 9.59 Å². The fraction of sp³-hybridized carbons (Fsp3) is 0.455. The first-order valence-electron chi connectivity index (χ1n) is 9.71. The molecule has 1 aliphatic rings. The van der Waals surface area contributed by atoms with Gasteiger partial charge in [0.1, 0.15) is 5.56 Å². The smallest absolute Gasteiger partial charge is 0.263 e. The Kier molecular flexibility index (Phi) is 6.11. The minimum Gasteiger partial charge on any atom is -0.348 e. The third kappa shape index (κ3) is 4.66. The lowest BCUT2D eigenvalue weighted by molar-refractivity contribution is 0.0948. The summed E-state index contributed by atoms with van der Waals surface area (Å²) in [5, 5.41) is 2.88. The van der Waals surface area contributed by atoms with Crippen LogP contribution in [0.4, 0.5) is 0 Å². The van der Waals surface area contributed by atoms with E-state index in [1.807, 2.05) is 13.0 Å². The molecule has 2 aromatic rings. The molecule has 0 bridgehead atoms. The molecule has 3 rings (SSSR count). The minimum absolute atomic E-state index is 0.227. The van der Waals surface area contributed by atoms with Gasteiger partial charge in [-0.3, -0.25) is 14.5 Å². The van der Waals surface area contributed by atoms with Gasteiger partial charge < -0.3 is 9.88 Å². The highest BCUT2D eigenvalue weighted by Crippen LogP contribution is 2.14. The monoisotopic (exact) mass is 367 g/mol. The van der Waals surface area contributed by atoms with Crippen LogP contribution in [0.5, 0.6) is 0 Å². The van der Waals surface area contributed by atoms with Crippen molar-refractivity contribution in [3.63, 3.8) is 0 Å². The highest BCUT2D eigenvalue weighted by atomic mass is 16.2. The molecule has 0 spiro atoms. The number of rotatable bonds is 5. The summed E-state index contributed by atoms with van der Waals surface area (Å²) in [5.41, 5.74) is 3.87. The van der Waals surface area contributed by atoms with Gasteiger partial charge in [0, 0.05) is 25.8 Å². The summed E-state index contributed by atoms with van der Waals surface area (Å²) in [7, 11) is 1.69. The molecule has 1 aromatic carbocycles. The van der Waals surface area contributed by atoms with Crippen molar-refractivity contribution in [2.24, 2.45) is 7.05 Å². The standard InChI is InChI=1S/C22H29N3O2/c1-16-13-17(2)24(3)22(27)20(16)21(26)23-14-18-7-9-19(10-8-18)15-25-11-5-4-6-12-25/h7-10,13H,4-6,11-12,14-15H2,1-3H3,(H,23,26). The third-order valence-electron chi connectivity index (χ3n) is 5.43. The maximum Gasteiger partial charge on any atom is 0.263 e. The van der Waals surface area contributed by atoms with E-state index < -0.39 is 0 Å². The molecular weight excluding hydrogens is 338 g/mol. The predicted octanol–water partition coefficient (Wildman–Crippen LogP) is 2.92. The van der Waals surface area contributed by atoms with Crippen molar-refractivity contribution < 1.29 is 4.79 Å². The largest absolute Gasteiger partial charge is 0.348 e. The van der Waals surface area contributed by atoms with Gasteiger partial charge in [-0.25, -0.2) is 0 Å². The number of pyridine rings is 1. The van der Waals surface area contributed by atoms with Gasteiger partial charge in [0.25, 0.3) is 11.5 Å². The number of aromatic nitrogens is 1. The van der Waals surface area contributed by atoms with Crippen LogP contribution >= 0.6 is 0 Å². The van der Waals surface area contributed by atoms with Crippen molar-refractivity contribution in [2.75, 3.05) is 13.1 Å². The Labute approximate surface area is 161 Å². The van der Waals surface area contributed by atoms with Crippen LogP contribution in [-0.4, -0.2) is 28.5 Å². The Balaban J connectivity index is 1.61. The molecule has 5 nitrogen and oxygen atoms in total. The number of benzene rings is 1. The number of carbonyl (C=O) groups is 1. The molecule has 1 amide bonds. The SMILES string of the molecule is Cc1cc(C)n(C)c(=O)c1C(=O)NCc1ccc(CN2CCCCC2)cc1. The van der Waals surface area contributed by atoms with Crippen molar-refractivity contribution in [3.05, 3.63) is 68.6 Å². The van der Waals surface area contributed by atoms with E-state index in [-0.39, 0.29) is 17.0 Å². The number of likely N-dealkylation sites (tertiary alicyclic amines) is 1. The number of nitrogens with one attached hydrogen (secondary N) is 1. The predicted molar refractivity (Wildman–Crippen MR) is 108 cm³/mol. The number of hydrogen-bond acceptors (Lipinski definition) is 3. The summed E-state index contributed by atoms with van der Waals surface area (Å²) in [6.07, 6.45) is 3.93. The average molecular weight is 367 g/mol. The molecule has 5 heteroatoms. The topological polar surface area (TPSA) is 54.3 Å². The van der Waals surface area contributed by atoms with Crippen molar-refractivity contribution in [1.29, 1.82) is 0 Å². The Bertz CT molecular complexity index is 862. The summed E-state index contributed by atoms with van der Waals surface area (Å²) >= 11 is 0. The Morgan fingerprint density at radius 2 is 1.67 bits per heavy atom. The maximum absolute atomic E-state index is 12.5. The molecule has 1 aliphatic heterocycles. The molecule has 144 valence electrons. The van der Waals surface area contributed by atoms with Crippen LogP contribution in [0.1, 0.15) is 52.0 Å². The molecule has 0 saturated carbocycles. The molecule has 1 aromatic heterocycles. The van der Waals surface area contributed by atoms with E-state index >= 15 is 0 Å². The highest BCUT2D eigenvalue weighted by Gasteiger charge is 2.16. The van der Waals surface area contributed by atoms with E-state index in [0.29, 0.717) is 12.1 Å². The van der Waals surface area contributed by atoms with Crippen LogP contribution in [-0.2, 0) is 20.1 Å². The number of amides is 1. The molecule has 0 unspecified atom stereocenters. The number of nitrogens with zero attached hydrogens (tertiary/aromatic N) is 2. The summed E-state index contributed by atoms with van der Waals surface area (Å²) in [6.45, 7) is 7.44. The molecule has 2 heterocycles. The van der Waals surface area contributed by atoms with Crippen molar-refractivity contribution in [3.8, 4) is 0 Å². The fourth-order valence-electron chi connectivity index (χ4n) is 3.66. The van der Waals surface area contributed by atoms with Crippen molar-refractivity contribution in [2.45, 2.75) is 46.2 Å². The van der Waals surface area contributed by atoms with E-state index in [4.69, 9.17) is 0 Å².